The van der Waals surface area contributed by atoms with Crippen LogP contribution < -0.4 is 10.6 Å². The molecule has 0 bridgehead atoms. The molecule has 0 fully saturated rings. The summed E-state index contributed by atoms with van der Waals surface area (Å²) < 4.78 is 1.68. The van der Waals surface area contributed by atoms with E-state index in [1.807, 2.05) is 31.4 Å². The van der Waals surface area contributed by atoms with Gasteiger partial charge in [-0.15, -0.1) is 0 Å². The number of aromatic nitrogens is 2. The highest BCUT2D eigenvalue weighted by atomic mass is 35.5. The van der Waals surface area contributed by atoms with E-state index < -0.39 is 0 Å². The Balaban J connectivity index is 2.00. The monoisotopic (exact) mass is 292 g/mol. The lowest BCUT2D eigenvalue weighted by molar-refractivity contribution is -0.116. The molecule has 5 nitrogen and oxygen atoms in total. The number of rotatable bonds is 6. The van der Waals surface area contributed by atoms with Crippen molar-refractivity contribution in [2.45, 2.75) is 12.8 Å². The molecule has 2 aromatic rings. The zero-order valence-electron chi connectivity index (χ0n) is 11.3. The van der Waals surface area contributed by atoms with Crippen LogP contribution >= 0.6 is 11.6 Å². The molecular formula is C14H17ClN4O. The van der Waals surface area contributed by atoms with Crippen molar-refractivity contribution in [1.82, 2.24) is 15.1 Å². The first kappa shape index (κ1) is 14.6. The number of nitrogens with zero attached hydrogens (tertiary/aromatic N) is 2. The molecule has 1 amide bonds. The van der Waals surface area contributed by atoms with Gasteiger partial charge in [-0.2, -0.15) is 5.10 Å². The lowest BCUT2D eigenvalue weighted by Gasteiger charge is -2.09. The third-order valence-electron chi connectivity index (χ3n) is 2.81. The summed E-state index contributed by atoms with van der Waals surface area (Å²) in [5, 5.41) is 10.5. The van der Waals surface area contributed by atoms with Gasteiger partial charge in [0.2, 0.25) is 5.91 Å². The summed E-state index contributed by atoms with van der Waals surface area (Å²) in [6.07, 6.45) is 4.80. The van der Waals surface area contributed by atoms with E-state index in [2.05, 4.69) is 15.7 Å². The van der Waals surface area contributed by atoms with E-state index in [0.717, 1.165) is 18.7 Å². The van der Waals surface area contributed by atoms with Crippen LogP contribution in [0.4, 0.5) is 5.69 Å². The van der Waals surface area contributed by atoms with E-state index >= 15 is 0 Å². The number of hydrogen-bond donors (Lipinski definition) is 2. The maximum absolute atomic E-state index is 11.7. The predicted octanol–water partition coefficient (Wildman–Crippen LogP) is 2.46. The standard InChI is InChI=1S/C14H17ClN4O/c1-16-7-2-4-14(20)18-11-5-6-13(12(15)10-11)19-9-3-8-17-19/h3,5-6,8-10,16H,2,4,7H2,1H3,(H,18,20). The van der Waals surface area contributed by atoms with Crippen LogP contribution in [-0.4, -0.2) is 29.3 Å². The van der Waals surface area contributed by atoms with Crippen molar-refractivity contribution >= 4 is 23.2 Å². The van der Waals surface area contributed by atoms with E-state index in [1.165, 1.54) is 0 Å². The number of amides is 1. The highest BCUT2D eigenvalue weighted by molar-refractivity contribution is 6.32. The van der Waals surface area contributed by atoms with E-state index in [4.69, 9.17) is 11.6 Å². The maximum atomic E-state index is 11.7. The normalized spacial score (nSPS) is 10.5. The lowest BCUT2D eigenvalue weighted by atomic mass is 10.2. The van der Waals surface area contributed by atoms with Crippen LogP contribution in [-0.2, 0) is 4.79 Å². The van der Waals surface area contributed by atoms with Crippen LogP contribution in [0.15, 0.2) is 36.7 Å². The van der Waals surface area contributed by atoms with Crippen LogP contribution in [0.1, 0.15) is 12.8 Å². The van der Waals surface area contributed by atoms with Gasteiger partial charge in [0, 0.05) is 24.5 Å². The molecule has 0 saturated carbocycles. The van der Waals surface area contributed by atoms with Gasteiger partial charge in [0.05, 0.1) is 10.7 Å². The summed E-state index contributed by atoms with van der Waals surface area (Å²) in [5.74, 6) is -0.0110. The van der Waals surface area contributed by atoms with Crippen LogP contribution in [0, 0.1) is 0 Å². The minimum Gasteiger partial charge on any atom is -0.326 e. The van der Waals surface area contributed by atoms with Crippen LogP contribution in [0.3, 0.4) is 0 Å². The molecule has 2 rings (SSSR count). The number of carbonyl (C=O) groups excluding carboxylic acids is 1. The van der Waals surface area contributed by atoms with Crippen molar-refractivity contribution in [2.24, 2.45) is 0 Å². The molecular weight excluding hydrogens is 276 g/mol. The molecule has 6 heteroatoms. The second kappa shape index (κ2) is 7.07. The summed E-state index contributed by atoms with van der Waals surface area (Å²) in [6.45, 7) is 0.826. The minimum atomic E-state index is -0.0110. The van der Waals surface area contributed by atoms with Gasteiger partial charge >= 0.3 is 0 Å². The number of benzene rings is 1. The number of nitrogens with one attached hydrogen (secondary N) is 2. The van der Waals surface area contributed by atoms with Crippen molar-refractivity contribution in [2.75, 3.05) is 18.9 Å². The van der Waals surface area contributed by atoms with E-state index in [1.54, 1.807) is 16.9 Å². The highest BCUT2D eigenvalue weighted by Gasteiger charge is 2.06. The highest BCUT2D eigenvalue weighted by Crippen LogP contribution is 2.23. The van der Waals surface area contributed by atoms with Crippen molar-refractivity contribution < 1.29 is 4.79 Å². The predicted molar refractivity (Wildman–Crippen MR) is 80.4 cm³/mol. The average Bonchev–Trinajstić information content (AvgIpc) is 2.93. The van der Waals surface area contributed by atoms with Crippen molar-refractivity contribution in [3.8, 4) is 5.69 Å². The first-order valence-corrected chi connectivity index (χ1v) is 6.82. The second-order valence-electron chi connectivity index (χ2n) is 4.37. The lowest BCUT2D eigenvalue weighted by Crippen LogP contribution is -2.15. The van der Waals surface area contributed by atoms with Crippen molar-refractivity contribution in [3.63, 3.8) is 0 Å². The first-order valence-electron chi connectivity index (χ1n) is 6.44. The molecule has 20 heavy (non-hydrogen) atoms. The van der Waals surface area contributed by atoms with E-state index in [-0.39, 0.29) is 5.91 Å². The number of anilines is 1. The zero-order chi connectivity index (χ0) is 14.4. The van der Waals surface area contributed by atoms with Gasteiger partial charge in [0.1, 0.15) is 0 Å². The molecule has 0 aliphatic heterocycles. The van der Waals surface area contributed by atoms with Gasteiger partial charge in [0.15, 0.2) is 0 Å². The van der Waals surface area contributed by atoms with Crippen molar-refractivity contribution in [1.29, 1.82) is 0 Å². The molecule has 0 atom stereocenters. The zero-order valence-corrected chi connectivity index (χ0v) is 12.0. The summed E-state index contributed by atoms with van der Waals surface area (Å²) in [4.78, 5) is 11.7. The fourth-order valence-corrected chi connectivity index (χ4v) is 2.10. The Morgan fingerprint density at radius 1 is 1.45 bits per heavy atom. The molecule has 0 unspecified atom stereocenters. The molecule has 106 valence electrons. The SMILES string of the molecule is CNCCCC(=O)Nc1ccc(-n2cccn2)c(Cl)c1. The van der Waals surface area contributed by atoms with Gasteiger partial charge < -0.3 is 10.6 Å². The third-order valence-corrected chi connectivity index (χ3v) is 3.12. The van der Waals surface area contributed by atoms with E-state index in [9.17, 15) is 4.79 Å². The topological polar surface area (TPSA) is 59.0 Å². The Labute approximate surface area is 122 Å². The van der Waals surface area contributed by atoms with Crippen LogP contribution in [0.5, 0.6) is 0 Å². The van der Waals surface area contributed by atoms with Gasteiger partial charge in [0.25, 0.3) is 0 Å². The third kappa shape index (κ3) is 3.82. The summed E-state index contributed by atoms with van der Waals surface area (Å²) >= 11 is 6.21. The Hall–Kier alpha value is -1.85. The van der Waals surface area contributed by atoms with E-state index in [0.29, 0.717) is 17.1 Å². The number of halogens is 1. The van der Waals surface area contributed by atoms with Gasteiger partial charge in [-0.3, -0.25) is 4.79 Å². The molecule has 0 aliphatic carbocycles. The Kier molecular flexibility index (Phi) is 5.15. The van der Waals surface area contributed by atoms with Crippen LogP contribution in [0.25, 0.3) is 5.69 Å². The summed E-state index contributed by atoms with van der Waals surface area (Å²) in [6, 6.07) is 7.21. The first-order chi connectivity index (χ1) is 9.70. The fourth-order valence-electron chi connectivity index (χ4n) is 1.83. The summed E-state index contributed by atoms with van der Waals surface area (Å²) in [7, 11) is 1.87. The molecule has 1 heterocycles. The number of hydrogen-bond acceptors (Lipinski definition) is 3. The van der Waals surface area contributed by atoms with Crippen molar-refractivity contribution in [3.05, 3.63) is 41.7 Å². The molecule has 1 aromatic carbocycles. The number of carbonyl (C=O) groups is 1. The maximum Gasteiger partial charge on any atom is 0.224 e. The molecule has 0 saturated heterocycles. The Morgan fingerprint density at radius 3 is 2.95 bits per heavy atom. The van der Waals surface area contributed by atoms with Gasteiger partial charge in [-0.25, -0.2) is 4.68 Å². The fraction of sp³-hybridized carbons (Fsp3) is 0.286. The molecule has 0 spiro atoms. The molecule has 0 aliphatic rings. The molecule has 0 radical (unpaired) electrons. The average molecular weight is 293 g/mol. The Morgan fingerprint density at radius 2 is 2.30 bits per heavy atom. The second-order valence-corrected chi connectivity index (χ2v) is 4.78. The van der Waals surface area contributed by atoms with Gasteiger partial charge in [-0.05, 0) is 44.3 Å². The minimum absolute atomic E-state index is 0.0110. The largest absolute Gasteiger partial charge is 0.326 e. The molecule has 2 N–H and O–H groups in total. The Bertz CT molecular complexity index is 569. The van der Waals surface area contributed by atoms with Crippen LogP contribution in [0.2, 0.25) is 5.02 Å². The van der Waals surface area contributed by atoms with Gasteiger partial charge in [-0.1, -0.05) is 11.6 Å². The quantitative estimate of drug-likeness (QED) is 0.804. The summed E-state index contributed by atoms with van der Waals surface area (Å²) in [5.41, 5.74) is 1.48. The smallest absolute Gasteiger partial charge is 0.224 e. The molecule has 1 aromatic heterocycles.